The van der Waals surface area contributed by atoms with Gasteiger partial charge in [0.25, 0.3) is 11.8 Å². The van der Waals surface area contributed by atoms with Crippen LogP contribution in [0.5, 0.6) is 0 Å². The smallest absolute Gasteiger partial charge is 0.274 e. The minimum absolute atomic E-state index is 0.0722. The Hall–Kier alpha value is -3.52. The number of aromatic nitrogens is 3. The standard InChI is InChI=1S/C28H31N5O2S/c1-17-9-12-21(15-18(17)2)26-25(30-19(3)36-26)28(35)33(16-20-10-11-20)14-13-29-27(34)24-22-7-5-6-8-23(22)32(4)31-24/h5-9,12,15,20H,10-11,13-14,16H2,1-4H3,(H,29,34). The second-order valence-electron chi connectivity index (χ2n) is 9.65. The number of aryl methyl sites for hydroxylation is 4. The third kappa shape index (κ3) is 4.91. The van der Waals surface area contributed by atoms with E-state index in [4.69, 9.17) is 0 Å². The summed E-state index contributed by atoms with van der Waals surface area (Å²) in [6, 6.07) is 14.0. The minimum Gasteiger partial charge on any atom is -0.349 e. The topological polar surface area (TPSA) is 80.1 Å². The molecule has 5 rings (SSSR count). The van der Waals surface area contributed by atoms with Crippen LogP contribution in [0.15, 0.2) is 42.5 Å². The summed E-state index contributed by atoms with van der Waals surface area (Å²) < 4.78 is 1.71. The van der Waals surface area contributed by atoms with Crippen LogP contribution >= 0.6 is 11.3 Å². The molecule has 0 aliphatic heterocycles. The Labute approximate surface area is 215 Å². The van der Waals surface area contributed by atoms with Crippen LogP contribution in [0.2, 0.25) is 0 Å². The minimum atomic E-state index is -0.231. The molecule has 8 heteroatoms. The molecule has 0 spiro atoms. The fraction of sp³-hybridized carbons (Fsp3) is 0.357. The number of para-hydroxylation sites is 1. The number of nitrogens with one attached hydrogen (secondary N) is 1. The monoisotopic (exact) mass is 501 g/mol. The van der Waals surface area contributed by atoms with E-state index >= 15 is 0 Å². The number of amides is 2. The summed E-state index contributed by atoms with van der Waals surface area (Å²) in [6.45, 7) is 7.57. The molecule has 1 aliphatic rings. The summed E-state index contributed by atoms with van der Waals surface area (Å²) in [4.78, 5) is 34.1. The van der Waals surface area contributed by atoms with Crippen LogP contribution in [0, 0.1) is 26.7 Å². The SMILES string of the molecule is Cc1nc(C(=O)N(CCNC(=O)c2nn(C)c3ccccc23)CC2CC2)c(-c2ccc(C)c(C)c2)s1. The Bertz CT molecular complexity index is 1450. The zero-order chi connectivity index (χ0) is 25.4. The second-order valence-corrected chi connectivity index (χ2v) is 10.9. The lowest BCUT2D eigenvalue weighted by Gasteiger charge is -2.22. The van der Waals surface area contributed by atoms with E-state index in [0.717, 1.165) is 39.2 Å². The zero-order valence-corrected chi connectivity index (χ0v) is 22.0. The molecule has 0 radical (unpaired) electrons. The van der Waals surface area contributed by atoms with Gasteiger partial charge >= 0.3 is 0 Å². The highest BCUT2D eigenvalue weighted by molar-refractivity contribution is 7.15. The lowest BCUT2D eigenvalue weighted by atomic mass is 10.0. The first-order chi connectivity index (χ1) is 17.3. The van der Waals surface area contributed by atoms with Gasteiger partial charge in [-0.15, -0.1) is 11.3 Å². The summed E-state index contributed by atoms with van der Waals surface area (Å²) >= 11 is 1.55. The van der Waals surface area contributed by atoms with Crippen LogP contribution in [0.4, 0.5) is 0 Å². The van der Waals surface area contributed by atoms with E-state index in [2.05, 4.69) is 47.4 Å². The molecule has 1 fully saturated rings. The lowest BCUT2D eigenvalue weighted by Crippen LogP contribution is -2.40. The number of carbonyl (C=O) groups is 2. The number of hydrogen-bond donors (Lipinski definition) is 1. The number of rotatable bonds is 8. The van der Waals surface area contributed by atoms with E-state index in [1.807, 2.05) is 43.1 Å². The van der Waals surface area contributed by atoms with Gasteiger partial charge in [0.05, 0.1) is 15.4 Å². The Morgan fingerprint density at radius 3 is 2.61 bits per heavy atom. The number of benzene rings is 2. The van der Waals surface area contributed by atoms with Gasteiger partial charge in [0.2, 0.25) is 0 Å². The molecular formula is C28H31N5O2S. The van der Waals surface area contributed by atoms with Gasteiger partial charge in [0, 0.05) is 32.1 Å². The van der Waals surface area contributed by atoms with Gasteiger partial charge in [-0.1, -0.05) is 36.4 Å². The molecule has 2 amide bonds. The molecule has 0 bridgehead atoms. The number of thiazole rings is 1. The van der Waals surface area contributed by atoms with Gasteiger partial charge in [-0.05, 0) is 62.3 Å². The predicted octanol–water partition coefficient (Wildman–Crippen LogP) is 4.90. The van der Waals surface area contributed by atoms with Crippen molar-refractivity contribution in [2.45, 2.75) is 33.6 Å². The van der Waals surface area contributed by atoms with Crippen LogP contribution in [0.1, 0.15) is 50.0 Å². The molecule has 186 valence electrons. The van der Waals surface area contributed by atoms with Crippen LogP contribution < -0.4 is 5.32 Å². The zero-order valence-electron chi connectivity index (χ0n) is 21.2. The third-order valence-electron chi connectivity index (χ3n) is 6.81. The average molecular weight is 502 g/mol. The quantitative estimate of drug-likeness (QED) is 0.372. The van der Waals surface area contributed by atoms with Gasteiger partial charge in [0.1, 0.15) is 5.69 Å². The van der Waals surface area contributed by atoms with Crippen LogP contribution in [0.25, 0.3) is 21.3 Å². The average Bonchev–Trinajstić information content (AvgIpc) is 3.51. The van der Waals surface area contributed by atoms with Gasteiger partial charge in [0.15, 0.2) is 5.69 Å². The highest BCUT2D eigenvalue weighted by atomic mass is 32.1. The fourth-order valence-corrected chi connectivity index (χ4v) is 5.36. The van der Waals surface area contributed by atoms with Crippen molar-refractivity contribution in [3.05, 3.63) is 70.0 Å². The lowest BCUT2D eigenvalue weighted by molar-refractivity contribution is 0.0736. The van der Waals surface area contributed by atoms with Crippen molar-refractivity contribution >= 4 is 34.1 Å². The summed E-state index contributed by atoms with van der Waals surface area (Å²) in [5.74, 6) is 0.220. The Balaban J connectivity index is 1.33. The first-order valence-electron chi connectivity index (χ1n) is 12.4. The molecule has 2 aromatic heterocycles. The van der Waals surface area contributed by atoms with Crippen LogP contribution in [0.3, 0.4) is 0 Å². The van der Waals surface area contributed by atoms with Gasteiger partial charge in [-0.2, -0.15) is 5.10 Å². The fourth-order valence-electron chi connectivity index (χ4n) is 4.46. The molecule has 36 heavy (non-hydrogen) atoms. The van der Waals surface area contributed by atoms with Crippen LogP contribution in [-0.4, -0.2) is 51.1 Å². The summed E-state index contributed by atoms with van der Waals surface area (Å²) in [5.41, 5.74) is 5.25. The van der Waals surface area contributed by atoms with Crippen molar-refractivity contribution in [2.24, 2.45) is 13.0 Å². The molecular weight excluding hydrogens is 470 g/mol. The Kier molecular flexibility index (Phi) is 6.62. The maximum atomic E-state index is 13.7. The van der Waals surface area contributed by atoms with E-state index in [-0.39, 0.29) is 11.8 Å². The van der Waals surface area contributed by atoms with Gasteiger partial charge in [-0.25, -0.2) is 4.98 Å². The van der Waals surface area contributed by atoms with E-state index < -0.39 is 0 Å². The summed E-state index contributed by atoms with van der Waals surface area (Å²) in [6.07, 6.45) is 2.27. The predicted molar refractivity (Wildman–Crippen MR) is 143 cm³/mol. The maximum Gasteiger partial charge on any atom is 0.274 e. The number of carbonyl (C=O) groups excluding carboxylic acids is 2. The van der Waals surface area contributed by atoms with E-state index in [9.17, 15) is 9.59 Å². The first-order valence-corrected chi connectivity index (χ1v) is 13.2. The molecule has 0 atom stereocenters. The van der Waals surface area contributed by atoms with Crippen molar-refractivity contribution in [2.75, 3.05) is 19.6 Å². The maximum absolute atomic E-state index is 13.7. The molecule has 1 N–H and O–H groups in total. The van der Waals surface area contributed by atoms with Crippen molar-refractivity contribution in [3.8, 4) is 10.4 Å². The van der Waals surface area contributed by atoms with Crippen LogP contribution in [-0.2, 0) is 7.05 Å². The number of nitrogens with zero attached hydrogens (tertiary/aromatic N) is 4. The first kappa shape index (κ1) is 24.2. The molecule has 1 saturated carbocycles. The molecule has 2 heterocycles. The molecule has 2 aromatic carbocycles. The largest absolute Gasteiger partial charge is 0.349 e. The normalized spacial score (nSPS) is 13.2. The molecule has 7 nitrogen and oxygen atoms in total. The molecule has 0 saturated heterocycles. The van der Waals surface area contributed by atoms with Crippen molar-refractivity contribution < 1.29 is 9.59 Å². The van der Waals surface area contributed by atoms with Crippen molar-refractivity contribution in [1.82, 2.24) is 25.0 Å². The molecule has 1 aliphatic carbocycles. The second kappa shape index (κ2) is 9.85. The van der Waals surface area contributed by atoms with Gasteiger partial charge < -0.3 is 10.2 Å². The number of fused-ring (bicyclic) bond motifs is 1. The van der Waals surface area contributed by atoms with E-state index in [1.165, 1.54) is 11.1 Å². The molecule has 4 aromatic rings. The highest BCUT2D eigenvalue weighted by Gasteiger charge is 2.30. The third-order valence-corrected chi connectivity index (χ3v) is 7.83. The van der Waals surface area contributed by atoms with E-state index in [0.29, 0.717) is 36.9 Å². The summed E-state index contributed by atoms with van der Waals surface area (Å²) in [5, 5.41) is 9.07. The Morgan fingerprint density at radius 1 is 1.08 bits per heavy atom. The van der Waals surface area contributed by atoms with Crippen molar-refractivity contribution in [1.29, 1.82) is 0 Å². The van der Waals surface area contributed by atoms with Gasteiger partial charge in [-0.3, -0.25) is 14.3 Å². The summed E-state index contributed by atoms with van der Waals surface area (Å²) in [7, 11) is 1.83. The molecule has 0 unspecified atom stereocenters. The Morgan fingerprint density at radius 2 is 1.86 bits per heavy atom. The van der Waals surface area contributed by atoms with E-state index in [1.54, 1.807) is 16.0 Å². The van der Waals surface area contributed by atoms with Crippen molar-refractivity contribution in [3.63, 3.8) is 0 Å². The number of hydrogen-bond acceptors (Lipinski definition) is 5. The highest BCUT2D eigenvalue weighted by Crippen LogP contribution is 2.34.